The van der Waals surface area contributed by atoms with Crippen molar-refractivity contribution in [2.24, 2.45) is 0 Å². The van der Waals surface area contributed by atoms with Gasteiger partial charge >= 0.3 is 0 Å². The first kappa shape index (κ1) is 15.7. The highest BCUT2D eigenvalue weighted by molar-refractivity contribution is 7.90. The Bertz CT molecular complexity index is 506. The molecule has 1 aromatic carbocycles. The van der Waals surface area contributed by atoms with Crippen molar-refractivity contribution in [1.82, 2.24) is 4.72 Å². The lowest BCUT2D eigenvalue weighted by molar-refractivity contribution is 0.568. The molecule has 0 bridgehead atoms. The van der Waals surface area contributed by atoms with Gasteiger partial charge in [-0.15, -0.1) is 0 Å². The maximum absolute atomic E-state index is 12.1. The minimum absolute atomic E-state index is 0.396. The van der Waals surface area contributed by atoms with Gasteiger partial charge in [-0.3, -0.25) is 0 Å². The van der Waals surface area contributed by atoms with Gasteiger partial charge in [-0.05, 0) is 12.0 Å². The molecule has 1 atom stereocenters. The molecule has 0 aromatic heterocycles. The molecular weight excluding hydrogens is 260 g/mol. The van der Waals surface area contributed by atoms with Crippen LogP contribution < -0.4 is 4.72 Å². The normalized spacial score (nSPS) is 12.8. The highest BCUT2D eigenvalue weighted by Gasteiger charge is 2.26. The minimum Gasteiger partial charge on any atom is -0.214 e. The van der Waals surface area contributed by atoms with Crippen LogP contribution in [0.15, 0.2) is 30.3 Å². The van der Waals surface area contributed by atoms with E-state index in [2.05, 4.69) is 11.6 Å². The predicted octanol–water partition coefficient (Wildman–Crippen LogP) is 2.75. The number of nitriles is 1. The van der Waals surface area contributed by atoms with E-state index in [0.717, 1.165) is 25.7 Å². The fourth-order valence-electron chi connectivity index (χ4n) is 1.80. The van der Waals surface area contributed by atoms with Crippen LogP contribution >= 0.6 is 0 Å². The monoisotopic (exact) mass is 280 g/mol. The summed E-state index contributed by atoms with van der Waals surface area (Å²) < 4.78 is 26.6. The summed E-state index contributed by atoms with van der Waals surface area (Å²) in [5.41, 5.74) is 0.506. The third kappa shape index (κ3) is 5.01. The van der Waals surface area contributed by atoms with Gasteiger partial charge in [-0.2, -0.15) is 5.26 Å². The summed E-state index contributed by atoms with van der Waals surface area (Å²) >= 11 is 0. The van der Waals surface area contributed by atoms with Gasteiger partial charge < -0.3 is 0 Å². The number of hydrogen-bond acceptors (Lipinski definition) is 3. The van der Waals surface area contributed by atoms with Crippen LogP contribution in [0.3, 0.4) is 0 Å². The number of nitrogens with zero attached hydrogens (tertiary/aromatic N) is 1. The average molecular weight is 280 g/mol. The summed E-state index contributed by atoms with van der Waals surface area (Å²) in [6.07, 6.45) is 4.02. The Balaban J connectivity index is 2.62. The summed E-state index contributed by atoms with van der Waals surface area (Å²) in [5, 5.41) is 7.95. The first-order valence-electron chi connectivity index (χ1n) is 6.55. The van der Waals surface area contributed by atoms with E-state index in [9.17, 15) is 8.42 Å². The van der Waals surface area contributed by atoms with Gasteiger partial charge in [0.2, 0.25) is 10.0 Å². The molecule has 0 spiro atoms. The van der Waals surface area contributed by atoms with Crippen molar-refractivity contribution in [1.29, 1.82) is 5.26 Å². The zero-order valence-corrected chi connectivity index (χ0v) is 12.0. The van der Waals surface area contributed by atoms with Gasteiger partial charge in [0.1, 0.15) is 0 Å². The largest absolute Gasteiger partial charge is 0.232 e. The number of nitrogens with one attached hydrogen (secondary N) is 1. The molecule has 0 amide bonds. The third-order valence-corrected chi connectivity index (χ3v) is 4.47. The Hall–Kier alpha value is -1.38. The maximum Gasteiger partial charge on any atom is 0.232 e. The molecule has 0 fully saturated rings. The Morgan fingerprint density at radius 2 is 1.89 bits per heavy atom. The molecule has 1 N–H and O–H groups in total. The van der Waals surface area contributed by atoms with E-state index in [0.29, 0.717) is 12.1 Å². The summed E-state index contributed by atoms with van der Waals surface area (Å²) in [6.45, 7) is 2.50. The lowest BCUT2D eigenvalue weighted by Gasteiger charge is -2.12. The fraction of sp³-hybridized carbons (Fsp3) is 0.500. The van der Waals surface area contributed by atoms with Crippen LogP contribution in [0.2, 0.25) is 0 Å². The second kappa shape index (κ2) is 7.93. The summed E-state index contributed by atoms with van der Waals surface area (Å²) in [4.78, 5) is 0. The highest BCUT2D eigenvalue weighted by atomic mass is 32.2. The number of rotatable bonds is 8. The average Bonchev–Trinajstić information content (AvgIpc) is 2.40. The molecule has 1 rings (SSSR count). The van der Waals surface area contributed by atoms with Crippen LogP contribution in [0.4, 0.5) is 0 Å². The van der Waals surface area contributed by atoms with E-state index in [1.165, 1.54) is 0 Å². The fourth-order valence-corrected chi connectivity index (χ4v) is 3.05. The standard InChI is InChI=1S/C14H20N2O2S/c1-2-3-4-8-11-16-19(17,18)14(12-15)13-9-6-5-7-10-13/h5-7,9-10,14,16H,2-4,8,11H2,1H3. The van der Waals surface area contributed by atoms with Crippen LogP contribution in [-0.4, -0.2) is 15.0 Å². The number of benzene rings is 1. The summed E-state index contributed by atoms with van der Waals surface area (Å²) in [7, 11) is -3.62. The molecule has 0 heterocycles. The van der Waals surface area contributed by atoms with Crippen molar-refractivity contribution in [3.05, 3.63) is 35.9 Å². The van der Waals surface area contributed by atoms with E-state index in [-0.39, 0.29) is 0 Å². The van der Waals surface area contributed by atoms with Crippen molar-refractivity contribution in [2.45, 2.75) is 37.9 Å². The smallest absolute Gasteiger partial charge is 0.214 e. The van der Waals surface area contributed by atoms with Crippen LogP contribution in [0.1, 0.15) is 43.4 Å². The van der Waals surface area contributed by atoms with E-state index in [1.54, 1.807) is 30.3 Å². The van der Waals surface area contributed by atoms with E-state index in [4.69, 9.17) is 5.26 Å². The van der Waals surface area contributed by atoms with Gasteiger partial charge in [-0.25, -0.2) is 13.1 Å². The van der Waals surface area contributed by atoms with Gasteiger partial charge in [-0.1, -0.05) is 56.5 Å². The number of unbranched alkanes of at least 4 members (excludes halogenated alkanes) is 3. The number of hydrogen-bond donors (Lipinski definition) is 1. The second-order valence-corrected chi connectivity index (χ2v) is 6.27. The molecule has 104 valence electrons. The van der Waals surface area contributed by atoms with Gasteiger partial charge in [0.15, 0.2) is 5.25 Å². The molecule has 1 aromatic rings. The van der Waals surface area contributed by atoms with Crippen molar-refractivity contribution < 1.29 is 8.42 Å². The second-order valence-electron chi connectivity index (χ2n) is 4.42. The SMILES string of the molecule is CCCCCCNS(=O)(=O)C(C#N)c1ccccc1. The highest BCUT2D eigenvalue weighted by Crippen LogP contribution is 2.20. The molecule has 0 radical (unpaired) electrons. The van der Waals surface area contributed by atoms with Crippen molar-refractivity contribution in [3.8, 4) is 6.07 Å². The van der Waals surface area contributed by atoms with E-state index >= 15 is 0 Å². The van der Waals surface area contributed by atoms with Gasteiger partial charge in [0, 0.05) is 6.54 Å². The Kier molecular flexibility index (Phi) is 6.54. The lowest BCUT2D eigenvalue weighted by atomic mass is 10.2. The Morgan fingerprint density at radius 3 is 2.47 bits per heavy atom. The van der Waals surface area contributed by atoms with Crippen molar-refractivity contribution >= 4 is 10.0 Å². The van der Waals surface area contributed by atoms with Crippen LogP contribution in [0, 0.1) is 11.3 Å². The number of sulfonamides is 1. The van der Waals surface area contributed by atoms with E-state index < -0.39 is 15.3 Å². The predicted molar refractivity (Wildman–Crippen MR) is 75.9 cm³/mol. The molecule has 0 saturated heterocycles. The zero-order valence-electron chi connectivity index (χ0n) is 11.2. The molecule has 0 saturated carbocycles. The molecule has 19 heavy (non-hydrogen) atoms. The Morgan fingerprint density at radius 1 is 1.21 bits per heavy atom. The van der Waals surface area contributed by atoms with Crippen molar-refractivity contribution in [2.75, 3.05) is 6.54 Å². The van der Waals surface area contributed by atoms with Crippen molar-refractivity contribution in [3.63, 3.8) is 0 Å². The van der Waals surface area contributed by atoms with E-state index in [1.807, 2.05) is 6.07 Å². The zero-order chi connectivity index (χ0) is 14.1. The molecule has 0 aliphatic heterocycles. The molecular formula is C14H20N2O2S. The molecule has 1 unspecified atom stereocenters. The lowest BCUT2D eigenvalue weighted by Crippen LogP contribution is -2.29. The quantitative estimate of drug-likeness (QED) is 0.744. The maximum atomic E-state index is 12.1. The molecule has 4 nitrogen and oxygen atoms in total. The summed E-state index contributed by atoms with van der Waals surface area (Å²) in [6, 6.07) is 10.4. The van der Waals surface area contributed by atoms with Crippen LogP contribution in [0.5, 0.6) is 0 Å². The summed E-state index contributed by atoms with van der Waals surface area (Å²) in [5.74, 6) is 0. The van der Waals surface area contributed by atoms with Crippen LogP contribution in [0.25, 0.3) is 0 Å². The van der Waals surface area contributed by atoms with Gasteiger partial charge in [0.25, 0.3) is 0 Å². The van der Waals surface area contributed by atoms with Crippen LogP contribution in [-0.2, 0) is 10.0 Å². The minimum atomic E-state index is -3.62. The first-order chi connectivity index (χ1) is 9.11. The third-order valence-electron chi connectivity index (χ3n) is 2.86. The first-order valence-corrected chi connectivity index (χ1v) is 8.09. The Labute approximate surface area is 115 Å². The van der Waals surface area contributed by atoms with Gasteiger partial charge in [0.05, 0.1) is 6.07 Å². The molecule has 0 aliphatic carbocycles. The molecule has 0 aliphatic rings. The molecule has 5 heteroatoms. The topological polar surface area (TPSA) is 70.0 Å².